The van der Waals surface area contributed by atoms with Gasteiger partial charge in [-0.3, -0.25) is 0 Å². The van der Waals surface area contributed by atoms with E-state index in [0.717, 1.165) is 19.4 Å². The monoisotopic (exact) mass is 360 g/mol. The lowest BCUT2D eigenvalue weighted by molar-refractivity contribution is -0.420. The maximum absolute atomic E-state index is 6.13. The van der Waals surface area contributed by atoms with Crippen molar-refractivity contribution in [3.8, 4) is 0 Å². The van der Waals surface area contributed by atoms with Crippen LogP contribution in [-0.4, -0.2) is 89.3 Å². The smallest absolute Gasteiger partial charge is 0.311 e. The molecule has 144 valence electrons. The Morgan fingerprint density at radius 3 is 1.52 bits per heavy atom. The van der Waals surface area contributed by atoms with Crippen molar-refractivity contribution in [3.05, 3.63) is 0 Å². The second kappa shape index (κ2) is 8.14. The lowest BCUT2D eigenvalue weighted by atomic mass is 10.1. The van der Waals surface area contributed by atoms with Crippen LogP contribution in [0.1, 0.15) is 19.8 Å². The van der Waals surface area contributed by atoms with Crippen LogP contribution in [0.4, 0.5) is 0 Å². The summed E-state index contributed by atoms with van der Waals surface area (Å²) in [5, 5.41) is 0. The predicted octanol–water partition coefficient (Wildman–Crippen LogP) is 0.471. The SMILES string of the molecule is CCCC(OCC1CO1)C(OCC1CO1)(OCC1CO1)OCC1CO1. The van der Waals surface area contributed by atoms with Gasteiger partial charge in [0.15, 0.2) is 0 Å². The Bertz CT molecular complexity index is 376. The van der Waals surface area contributed by atoms with Gasteiger partial charge in [-0.25, -0.2) is 0 Å². The molecule has 4 aliphatic rings. The molecule has 0 N–H and O–H groups in total. The molecule has 5 unspecified atom stereocenters. The zero-order valence-corrected chi connectivity index (χ0v) is 14.7. The van der Waals surface area contributed by atoms with Crippen molar-refractivity contribution in [3.63, 3.8) is 0 Å². The van der Waals surface area contributed by atoms with Crippen molar-refractivity contribution >= 4 is 0 Å². The first-order valence-electron chi connectivity index (χ1n) is 9.27. The molecule has 0 bridgehead atoms. The molecule has 4 fully saturated rings. The summed E-state index contributed by atoms with van der Waals surface area (Å²) in [6.45, 7) is 6.75. The summed E-state index contributed by atoms with van der Waals surface area (Å²) in [5.74, 6) is -1.27. The van der Waals surface area contributed by atoms with Gasteiger partial charge < -0.3 is 37.9 Å². The van der Waals surface area contributed by atoms with E-state index >= 15 is 0 Å². The fourth-order valence-corrected chi connectivity index (χ4v) is 2.54. The molecule has 0 amide bonds. The van der Waals surface area contributed by atoms with Gasteiger partial charge in [-0.05, 0) is 6.42 Å². The Hall–Kier alpha value is -0.320. The summed E-state index contributed by atoms with van der Waals surface area (Å²) in [6, 6.07) is 0. The normalized spacial score (nSPS) is 35.9. The van der Waals surface area contributed by atoms with Crippen LogP contribution >= 0.6 is 0 Å². The van der Waals surface area contributed by atoms with E-state index in [4.69, 9.17) is 37.9 Å². The van der Waals surface area contributed by atoms with E-state index in [2.05, 4.69) is 6.92 Å². The molecule has 0 aromatic rings. The molecule has 4 aliphatic heterocycles. The van der Waals surface area contributed by atoms with Gasteiger partial charge in [0.25, 0.3) is 0 Å². The van der Waals surface area contributed by atoms with Crippen LogP contribution < -0.4 is 0 Å². The maximum atomic E-state index is 6.13. The highest BCUT2D eigenvalue weighted by Crippen LogP contribution is 2.31. The molecule has 25 heavy (non-hydrogen) atoms. The Morgan fingerprint density at radius 2 is 1.16 bits per heavy atom. The number of epoxide rings is 4. The van der Waals surface area contributed by atoms with Crippen molar-refractivity contribution in [1.82, 2.24) is 0 Å². The summed E-state index contributed by atoms with van der Waals surface area (Å²) in [5.41, 5.74) is 0. The second-order valence-corrected chi connectivity index (χ2v) is 6.97. The van der Waals surface area contributed by atoms with Crippen LogP contribution in [-0.2, 0) is 37.9 Å². The molecule has 4 saturated heterocycles. The first-order chi connectivity index (χ1) is 12.3. The average Bonchev–Trinajstić information content (AvgIpc) is 3.48. The summed E-state index contributed by atoms with van der Waals surface area (Å²) >= 11 is 0. The highest BCUT2D eigenvalue weighted by Gasteiger charge is 2.48. The Balaban J connectivity index is 1.43. The van der Waals surface area contributed by atoms with E-state index in [9.17, 15) is 0 Å². The van der Waals surface area contributed by atoms with Crippen molar-refractivity contribution in [2.75, 3.05) is 52.9 Å². The molecular weight excluding hydrogens is 332 g/mol. The predicted molar refractivity (Wildman–Crippen MR) is 84.2 cm³/mol. The lowest BCUT2D eigenvalue weighted by Gasteiger charge is -2.39. The minimum absolute atomic E-state index is 0.106. The molecule has 0 saturated carbocycles. The van der Waals surface area contributed by atoms with Gasteiger partial charge >= 0.3 is 5.97 Å². The molecule has 0 aliphatic carbocycles. The molecule has 5 atom stereocenters. The first kappa shape index (κ1) is 18.1. The van der Waals surface area contributed by atoms with Crippen LogP contribution in [0.5, 0.6) is 0 Å². The molecule has 4 rings (SSSR count). The molecule has 0 spiro atoms. The molecule has 8 nitrogen and oxygen atoms in total. The third-order valence-electron chi connectivity index (χ3n) is 4.45. The minimum atomic E-state index is -1.27. The standard InChI is InChI=1S/C17H28O8/c1-2-3-16(22-8-12-4-18-12)17(23-9-13-5-19-13,24-10-14-6-20-14)25-11-15-7-21-15/h12-16H,2-11H2,1H3. The average molecular weight is 360 g/mol. The van der Waals surface area contributed by atoms with Crippen molar-refractivity contribution in [1.29, 1.82) is 0 Å². The van der Waals surface area contributed by atoms with E-state index < -0.39 is 5.97 Å². The van der Waals surface area contributed by atoms with Crippen molar-refractivity contribution < 1.29 is 37.9 Å². The molecule has 0 aromatic heterocycles. The van der Waals surface area contributed by atoms with Gasteiger partial charge in [-0.1, -0.05) is 13.3 Å². The fourth-order valence-electron chi connectivity index (χ4n) is 2.54. The second-order valence-electron chi connectivity index (χ2n) is 6.97. The van der Waals surface area contributed by atoms with Crippen LogP contribution in [0.15, 0.2) is 0 Å². The summed E-state index contributed by atoms with van der Waals surface area (Å²) in [4.78, 5) is 0. The lowest BCUT2D eigenvalue weighted by Crippen LogP contribution is -2.53. The molecule has 8 heteroatoms. The van der Waals surface area contributed by atoms with Gasteiger partial charge in [0.1, 0.15) is 30.5 Å². The van der Waals surface area contributed by atoms with Gasteiger partial charge in [-0.15, -0.1) is 0 Å². The molecular formula is C17H28O8. The quantitative estimate of drug-likeness (QED) is 0.308. The van der Waals surface area contributed by atoms with Gasteiger partial charge in [0.05, 0.1) is 52.9 Å². The van der Waals surface area contributed by atoms with Crippen molar-refractivity contribution in [2.24, 2.45) is 0 Å². The van der Waals surface area contributed by atoms with E-state index in [0.29, 0.717) is 46.2 Å². The number of hydrogen-bond donors (Lipinski definition) is 0. The summed E-state index contributed by atoms with van der Waals surface area (Å²) in [7, 11) is 0. The van der Waals surface area contributed by atoms with E-state index in [1.165, 1.54) is 0 Å². The summed E-state index contributed by atoms with van der Waals surface area (Å²) in [6.07, 6.45) is 1.82. The third-order valence-corrected chi connectivity index (χ3v) is 4.45. The van der Waals surface area contributed by atoms with Gasteiger partial charge in [0, 0.05) is 0 Å². The van der Waals surface area contributed by atoms with Gasteiger partial charge in [0.2, 0.25) is 0 Å². The highest BCUT2D eigenvalue weighted by atomic mass is 16.9. The van der Waals surface area contributed by atoms with E-state index in [-0.39, 0.29) is 30.5 Å². The van der Waals surface area contributed by atoms with Crippen LogP contribution in [0.3, 0.4) is 0 Å². The third kappa shape index (κ3) is 5.83. The fraction of sp³-hybridized carbons (Fsp3) is 1.00. The zero-order chi connectivity index (χ0) is 17.1. The molecule has 0 radical (unpaired) electrons. The Kier molecular flexibility index (Phi) is 5.88. The first-order valence-corrected chi connectivity index (χ1v) is 9.27. The largest absolute Gasteiger partial charge is 0.371 e. The molecule has 0 aromatic carbocycles. The molecule has 4 heterocycles. The highest BCUT2D eigenvalue weighted by molar-refractivity contribution is 4.81. The van der Waals surface area contributed by atoms with Crippen molar-refractivity contribution in [2.45, 2.75) is 56.3 Å². The van der Waals surface area contributed by atoms with Gasteiger partial charge in [-0.2, -0.15) is 0 Å². The van der Waals surface area contributed by atoms with E-state index in [1.807, 2.05) is 0 Å². The maximum Gasteiger partial charge on any atom is 0.311 e. The van der Waals surface area contributed by atoms with Crippen LogP contribution in [0.25, 0.3) is 0 Å². The zero-order valence-electron chi connectivity index (χ0n) is 14.7. The topological polar surface area (TPSA) is 87.0 Å². The minimum Gasteiger partial charge on any atom is -0.371 e. The van der Waals surface area contributed by atoms with Crippen LogP contribution in [0, 0.1) is 0 Å². The number of ether oxygens (including phenoxy) is 8. The van der Waals surface area contributed by atoms with Crippen LogP contribution in [0.2, 0.25) is 0 Å². The van der Waals surface area contributed by atoms with E-state index in [1.54, 1.807) is 0 Å². The number of hydrogen-bond acceptors (Lipinski definition) is 8. The number of rotatable bonds is 15. The Labute approximate surface area is 147 Å². The Morgan fingerprint density at radius 1 is 0.760 bits per heavy atom. The summed E-state index contributed by atoms with van der Waals surface area (Å²) < 4.78 is 45.6.